The van der Waals surface area contributed by atoms with Crippen LogP contribution in [0.25, 0.3) is 0 Å². The molecule has 0 bridgehead atoms. The summed E-state index contributed by atoms with van der Waals surface area (Å²) in [5.74, 6) is 1.75. The van der Waals surface area contributed by atoms with Gasteiger partial charge in [-0.25, -0.2) is 9.97 Å². The maximum Gasteiger partial charge on any atom is 0.129 e. The molecule has 1 heterocycles. The number of hydrogen-bond acceptors (Lipinski definition) is 4. The highest BCUT2D eigenvalue weighted by Gasteiger charge is 1.94. The van der Waals surface area contributed by atoms with E-state index in [1.165, 1.54) is 0 Å². The van der Waals surface area contributed by atoms with Crippen molar-refractivity contribution in [1.82, 2.24) is 14.9 Å². The molecule has 0 amide bonds. The minimum Gasteiger partial charge on any atom is -0.370 e. The lowest BCUT2D eigenvalue weighted by Gasteiger charge is -2.10. The molecule has 0 saturated heterocycles. The lowest BCUT2D eigenvalue weighted by atomic mass is 10.3. The average molecular weight is 252 g/mol. The second-order valence-electron chi connectivity index (χ2n) is 5.36. The third-order valence-electron chi connectivity index (χ3n) is 1.89. The summed E-state index contributed by atoms with van der Waals surface area (Å²) in [5.41, 5.74) is 0.995. The van der Waals surface area contributed by atoms with E-state index < -0.39 is 0 Å². The van der Waals surface area contributed by atoms with Crippen LogP contribution in [0.15, 0.2) is 12.4 Å². The highest BCUT2D eigenvalue weighted by atomic mass is 15.1. The summed E-state index contributed by atoms with van der Waals surface area (Å²) in [5, 5.41) is 3.26. The Morgan fingerprint density at radius 1 is 1.22 bits per heavy atom. The molecule has 0 aliphatic carbocycles. The van der Waals surface area contributed by atoms with Crippen molar-refractivity contribution >= 4 is 5.82 Å². The summed E-state index contributed by atoms with van der Waals surface area (Å²) < 4.78 is 0. The topological polar surface area (TPSA) is 41.0 Å². The van der Waals surface area contributed by atoms with Gasteiger partial charge in [0.1, 0.15) is 12.1 Å². The molecule has 1 aromatic heterocycles. The first-order chi connectivity index (χ1) is 8.41. The highest BCUT2D eigenvalue weighted by molar-refractivity contribution is 5.33. The second kappa shape index (κ2) is 9.83. The van der Waals surface area contributed by atoms with Crippen LogP contribution in [0.5, 0.6) is 0 Å². The second-order valence-corrected chi connectivity index (χ2v) is 5.36. The fraction of sp³-hybridized carbons (Fsp3) is 0.714. The molecule has 18 heavy (non-hydrogen) atoms. The summed E-state index contributed by atoms with van der Waals surface area (Å²) in [6.45, 7) is 10.5. The first-order valence-electron chi connectivity index (χ1n) is 6.59. The minimum absolute atomic E-state index is 0.833. The van der Waals surface area contributed by atoms with Crippen LogP contribution in [-0.4, -0.2) is 42.1 Å². The number of anilines is 1. The van der Waals surface area contributed by atoms with E-state index in [0.29, 0.717) is 0 Å². The number of hydrogen-bond donors (Lipinski definition) is 1. The van der Waals surface area contributed by atoms with Crippen molar-refractivity contribution in [1.29, 1.82) is 0 Å². The van der Waals surface area contributed by atoms with Gasteiger partial charge in [0.2, 0.25) is 0 Å². The molecule has 0 saturated carbocycles. The van der Waals surface area contributed by atoms with Gasteiger partial charge in [0, 0.05) is 18.3 Å². The predicted octanol–water partition coefficient (Wildman–Crippen LogP) is 2.81. The molecule has 104 valence electrons. The van der Waals surface area contributed by atoms with Crippen molar-refractivity contribution in [2.75, 3.05) is 32.5 Å². The van der Waals surface area contributed by atoms with E-state index in [1.54, 1.807) is 6.33 Å². The van der Waals surface area contributed by atoms with Gasteiger partial charge in [-0.05, 0) is 39.9 Å². The molecule has 0 aliphatic rings. The molecule has 1 aromatic rings. The molecule has 1 rings (SSSR count). The lowest BCUT2D eigenvalue weighted by Crippen LogP contribution is -2.16. The Kier molecular flexibility index (Phi) is 9.19. The van der Waals surface area contributed by atoms with Crippen molar-refractivity contribution in [3.05, 3.63) is 18.1 Å². The number of nitrogens with one attached hydrogen (secondary N) is 1. The van der Waals surface area contributed by atoms with E-state index in [9.17, 15) is 0 Å². The molecule has 0 aliphatic heterocycles. The third-order valence-corrected chi connectivity index (χ3v) is 1.89. The number of aromatic nitrogens is 2. The molecular formula is C14H28N4. The molecule has 1 N–H and O–H groups in total. The van der Waals surface area contributed by atoms with Crippen LogP contribution in [0.3, 0.4) is 0 Å². The molecule has 4 nitrogen and oxygen atoms in total. The molecule has 4 heteroatoms. The summed E-state index contributed by atoms with van der Waals surface area (Å²) >= 11 is 0. The first-order valence-corrected chi connectivity index (χ1v) is 6.59. The van der Waals surface area contributed by atoms with Crippen LogP contribution in [-0.2, 0) is 0 Å². The quantitative estimate of drug-likeness (QED) is 0.818. The van der Waals surface area contributed by atoms with E-state index in [0.717, 1.165) is 36.9 Å². The fourth-order valence-corrected chi connectivity index (χ4v) is 1.16. The lowest BCUT2D eigenvalue weighted by molar-refractivity contribution is 0.405. The Hall–Kier alpha value is -1.16. The van der Waals surface area contributed by atoms with Gasteiger partial charge in [0.05, 0.1) is 0 Å². The van der Waals surface area contributed by atoms with Crippen molar-refractivity contribution in [2.45, 2.75) is 34.1 Å². The molecule has 0 radical (unpaired) electrons. The van der Waals surface area contributed by atoms with Crippen molar-refractivity contribution in [3.63, 3.8) is 0 Å². The van der Waals surface area contributed by atoms with Crippen molar-refractivity contribution in [3.8, 4) is 0 Å². The molecule has 0 atom stereocenters. The smallest absolute Gasteiger partial charge is 0.129 e. The summed E-state index contributed by atoms with van der Waals surface area (Å²) in [7, 11) is 4.16. The summed E-state index contributed by atoms with van der Waals surface area (Å²) in [4.78, 5) is 10.3. The van der Waals surface area contributed by atoms with Crippen LogP contribution in [0.1, 0.15) is 32.9 Å². The van der Waals surface area contributed by atoms with Gasteiger partial charge in [0.15, 0.2) is 0 Å². The molecule has 0 spiro atoms. The standard InChI is InChI=1S/C10H18N4.C4H10/c1-9-7-10(13-8-12-9)11-5-4-6-14(2)3;1-4(2)3/h7-8H,4-6H2,1-3H3,(H,11,12,13);4H,1-3H3. The zero-order valence-electron chi connectivity index (χ0n) is 12.7. The van der Waals surface area contributed by atoms with Gasteiger partial charge in [-0.2, -0.15) is 0 Å². The van der Waals surface area contributed by atoms with E-state index in [-0.39, 0.29) is 0 Å². The maximum atomic E-state index is 4.12. The zero-order valence-corrected chi connectivity index (χ0v) is 12.7. The van der Waals surface area contributed by atoms with Gasteiger partial charge in [-0.3, -0.25) is 0 Å². The van der Waals surface area contributed by atoms with Crippen molar-refractivity contribution < 1.29 is 0 Å². The van der Waals surface area contributed by atoms with Crippen LogP contribution in [0, 0.1) is 12.8 Å². The normalized spacial score (nSPS) is 10.2. The van der Waals surface area contributed by atoms with Gasteiger partial charge in [-0.1, -0.05) is 20.8 Å². The Bertz CT molecular complexity index is 308. The van der Waals surface area contributed by atoms with E-state index in [1.807, 2.05) is 13.0 Å². The fourth-order valence-electron chi connectivity index (χ4n) is 1.16. The Morgan fingerprint density at radius 2 is 1.83 bits per heavy atom. The van der Waals surface area contributed by atoms with E-state index in [2.05, 4.69) is 55.1 Å². The largest absolute Gasteiger partial charge is 0.370 e. The molecule has 0 unspecified atom stereocenters. The number of nitrogens with zero attached hydrogens (tertiary/aromatic N) is 3. The van der Waals surface area contributed by atoms with E-state index >= 15 is 0 Å². The van der Waals surface area contributed by atoms with Crippen LogP contribution >= 0.6 is 0 Å². The average Bonchev–Trinajstić information content (AvgIpc) is 2.23. The van der Waals surface area contributed by atoms with Gasteiger partial charge in [-0.15, -0.1) is 0 Å². The SMILES string of the molecule is CC(C)C.Cc1cc(NCCCN(C)C)ncn1. The third kappa shape index (κ3) is 11.3. The van der Waals surface area contributed by atoms with Crippen LogP contribution in [0.4, 0.5) is 5.82 Å². The monoisotopic (exact) mass is 252 g/mol. The minimum atomic E-state index is 0.833. The van der Waals surface area contributed by atoms with Crippen molar-refractivity contribution in [2.24, 2.45) is 5.92 Å². The van der Waals surface area contributed by atoms with Gasteiger partial charge < -0.3 is 10.2 Å². The summed E-state index contributed by atoms with van der Waals surface area (Å²) in [6.07, 6.45) is 2.71. The first kappa shape index (κ1) is 16.8. The highest BCUT2D eigenvalue weighted by Crippen LogP contribution is 2.02. The van der Waals surface area contributed by atoms with Gasteiger partial charge >= 0.3 is 0 Å². The summed E-state index contributed by atoms with van der Waals surface area (Å²) in [6, 6.07) is 1.95. The Balaban J connectivity index is 0.000000631. The Labute approximate surface area is 112 Å². The molecule has 0 fully saturated rings. The number of rotatable bonds is 5. The van der Waals surface area contributed by atoms with Crippen LogP contribution in [0.2, 0.25) is 0 Å². The predicted molar refractivity (Wildman–Crippen MR) is 78.9 cm³/mol. The number of aryl methyl sites for hydroxylation is 1. The van der Waals surface area contributed by atoms with Crippen LogP contribution < -0.4 is 5.32 Å². The molecule has 0 aromatic carbocycles. The van der Waals surface area contributed by atoms with E-state index in [4.69, 9.17) is 0 Å². The molecular weight excluding hydrogens is 224 g/mol. The Morgan fingerprint density at radius 3 is 2.33 bits per heavy atom. The zero-order chi connectivity index (χ0) is 14.0. The van der Waals surface area contributed by atoms with Gasteiger partial charge in [0.25, 0.3) is 0 Å². The maximum absolute atomic E-state index is 4.12.